The molecule has 3 aromatic heterocycles. The number of carbonyl (C=O) groups is 2. The second-order valence-electron chi connectivity index (χ2n) is 10.7. The van der Waals surface area contributed by atoms with Gasteiger partial charge in [0.15, 0.2) is 16.6 Å². The van der Waals surface area contributed by atoms with Crippen LogP contribution in [0, 0.1) is 0 Å². The summed E-state index contributed by atoms with van der Waals surface area (Å²) in [5.74, 6) is 0.702. The molecule has 0 bridgehead atoms. The molecule has 3 aromatic rings. The number of thiazole rings is 1. The number of fused-ring (bicyclic) bond motifs is 1. The zero-order valence-corrected chi connectivity index (χ0v) is 24.1. The van der Waals surface area contributed by atoms with E-state index in [1.165, 1.54) is 6.42 Å². The standard InChI is InChI=1S/C28H36N8O4S/c1-18(29)27(38)40-19-8-11-36(17-19)23-7-5-6-20(30-23)26(37)31-21-16-22-24(32-25(21)34-9-3-2-4-10-34)33-28(41-22)35-12-14-39-15-13-35/h5-7,16,18-19H,2-4,8-15,17,29H2,1H3,(H,31,37)/t18?,19-/m0/s1. The zero-order valence-electron chi connectivity index (χ0n) is 23.3. The molecule has 0 aliphatic carbocycles. The minimum atomic E-state index is -0.659. The lowest BCUT2D eigenvalue weighted by Gasteiger charge is -2.29. The minimum absolute atomic E-state index is 0.251. The van der Waals surface area contributed by atoms with E-state index < -0.39 is 12.0 Å². The maximum Gasteiger partial charge on any atom is 0.322 e. The molecule has 3 aliphatic rings. The van der Waals surface area contributed by atoms with E-state index in [0.29, 0.717) is 55.6 Å². The van der Waals surface area contributed by atoms with Gasteiger partial charge in [-0.3, -0.25) is 9.59 Å². The maximum atomic E-state index is 13.5. The van der Waals surface area contributed by atoms with E-state index in [4.69, 9.17) is 25.2 Å². The van der Waals surface area contributed by atoms with Crippen LogP contribution in [0.2, 0.25) is 0 Å². The van der Waals surface area contributed by atoms with Crippen LogP contribution in [0.5, 0.6) is 0 Å². The summed E-state index contributed by atoms with van der Waals surface area (Å²) in [6.45, 7) is 7.54. The topological polar surface area (TPSA) is 139 Å². The summed E-state index contributed by atoms with van der Waals surface area (Å²) in [4.78, 5) is 46.4. The van der Waals surface area contributed by atoms with Gasteiger partial charge in [0.25, 0.3) is 5.91 Å². The maximum absolute atomic E-state index is 13.5. The predicted molar refractivity (Wildman–Crippen MR) is 159 cm³/mol. The summed E-state index contributed by atoms with van der Waals surface area (Å²) >= 11 is 1.58. The van der Waals surface area contributed by atoms with Gasteiger partial charge in [0.2, 0.25) is 0 Å². The molecule has 0 spiro atoms. The molecular formula is C28H36N8O4S. The van der Waals surface area contributed by atoms with Crippen LogP contribution in [0.3, 0.4) is 0 Å². The van der Waals surface area contributed by atoms with Crippen LogP contribution in [0.1, 0.15) is 43.1 Å². The highest BCUT2D eigenvalue weighted by atomic mass is 32.1. The summed E-state index contributed by atoms with van der Waals surface area (Å²) in [6, 6.07) is 6.73. The Morgan fingerprint density at radius 1 is 1.05 bits per heavy atom. The highest BCUT2D eigenvalue weighted by molar-refractivity contribution is 7.22. The van der Waals surface area contributed by atoms with Gasteiger partial charge in [-0.15, -0.1) is 0 Å². The highest BCUT2D eigenvalue weighted by Crippen LogP contribution is 2.35. The number of amides is 1. The normalized spacial score (nSPS) is 20.3. The number of ether oxygens (including phenoxy) is 2. The third-order valence-corrected chi connectivity index (χ3v) is 8.68. The molecule has 6 heterocycles. The molecule has 3 saturated heterocycles. The lowest BCUT2D eigenvalue weighted by Crippen LogP contribution is -2.36. The van der Waals surface area contributed by atoms with Gasteiger partial charge in [-0.2, -0.15) is 4.98 Å². The van der Waals surface area contributed by atoms with Crippen molar-refractivity contribution in [1.82, 2.24) is 15.0 Å². The Labute approximate surface area is 242 Å². The first-order valence-corrected chi connectivity index (χ1v) is 15.1. The number of nitrogens with zero attached hydrogens (tertiary/aromatic N) is 6. The van der Waals surface area contributed by atoms with E-state index >= 15 is 0 Å². The molecule has 41 heavy (non-hydrogen) atoms. The van der Waals surface area contributed by atoms with Crippen molar-refractivity contribution in [3.8, 4) is 0 Å². The van der Waals surface area contributed by atoms with Gasteiger partial charge in [-0.1, -0.05) is 17.4 Å². The number of anilines is 4. The average Bonchev–Trinajstić information content (AvgIpc) is 3.64. The van der Waals surface area contributed by atoms with Crippen LogP contribution in [-0.2, 0) is 14.3 Å². The number of aromatic nitrogens is 3. The van der Waals surface area contributed by atoms with Crippen LogP contribution in [-0.4, -0.2) is 91.5 Å². The molecule has 2 atom stereocenters. The Morgan fingerprint density at radius 3 is 2.63 bits per heavy atom. The Hall–Kier alpha value is -3.55. The Balaban J connectivity index is 1.23. The van der Waals surface area contributed by atoms with Crippen LogP contribution >= 0.6 is 11.3 Å². The van der Waals surface area contributed by atoms with Gasteiger partial charge < -0.3 is 35.2 Å². The molecule has 12 nitrogen and oxygen atoms in total. The summed E-state index contributed by atoms with van der Waals surface area (Å²) in [7, 11) is 0. The zero-order chi connectivity index (χ0) is 28.3. The number of rotatable bonds is 7. The van der Waals surface area contributed by atoms with E-state index in [1.54, 1.807) is 24.3 Å². The lowest BCUT2D eigenvalue weighted by molar-refractivity contribution is -0.149. The quantitative estimate of drug-likeness (QED) is 0.399. The highest BCUT2D eigenvalue weighted by Gasteiger charge is 2.28. The predicted octanol–water partition coefficient (Wildman–Crippen LogP) is 2.63. The van der Waals surface area contributed by atoms with Crippen molar-refractivity contribution in [2.75, 3.05) is 72.5 Å². The number of esters is 1. The van der Waals surface area contributed by atoms with Gasteiger partial charge >= 0.3 is 5.97 Å². The van der Waals surface area contributed by atoms with Crippen LogP contribution in [0.25, 0.3) is 10.3 Å². The van der Waals surface area contributed by atoms with Gasteiger partial charge in [0, 0.05) is 39.1 Å². The van der Waals surface area contributed by atoms with E-state index in [0.717, 1.165) is 54.7 Å². The molecule has 0 radical (unpaired) electrons. The first-order chi connectivity index (χ1) is 19.9. The molecule has 1 amide bonds. The van der Waals surface area contributed by atoms with Crippen molar-refractivity contribution in [2.24, 2.45) is 5.73 Å². The van der Waals surface area contributed by atoms with Gasteiger partial charge in [0.1, 0.15) is 23.7 Å². The molecule has 3 N–H and O–H groups in total. The molecule has 218 valence electrons. The molecule has 13 heteroatoms. The number of nitrogens with two attached hydrogens (primary N) is 1. The molecule has 1 unspecified atom stereocenters. The van der Waals surface area contributed by atoms with Crippen molar-refractivity contribution in [3.05, 3.63) is 30.0 Å². The van der Waals surface area contributed by atoms with Gasteiger partial charge in [0.05, 0.1) is 30.1 Å². The fourth-order valence-electron chi connectivity index (χ4n) is 5.39. The fraction of sp³-hybridized carbons (Fsp3) is 0.536. The second-order valence-corrected chi connectivity index (χ2v) is 11.8. The number of pyridine rings is 2. The number of carbonyl (C=O) groups excluding carboxylic acids is 2. The van der Waals surface area contributed by atoms with E-state index in [1.807, 2.05) is 23.1 Å². The Bertz CT molecular complexity index is 1400. The third kappa shape index (κ3) is 6.21. The molecule has 0 saturated carbocycles. The molecule has 3 fully saturated rings. The number of hydrogen-bond acceptors (Lipinski definition) is 12. The van der Waals surface area contributed by atoms with E-state index in [-0.39, 0.29) is 12.0 Å². The van der Waals surface area contributed by atoms with Crippen molar-refractivity contribution < 1.29 is 19.1 Å². The summed E-state index contributed by atoms with van der Waals surface area (Å²) in [5.41, 5.74) is 7.31. The van der Waals surface area contributed by atoms with Gasteiger partial charge in [-0.05, 0) is 44.4 Å². The van der Waals surface area contributed by atoms with Crippen molar-refractivity contribution in [3.63, 3.8) is 0 Å². The fourth-order valence-corrected chi connectivity index (χ4v) is 6.39. The summed E-state index contributed by atoms with van der Waals surface area (Å²) < 4.78 is 11.9. The minimum Gasteiger partial charge on any atom is -0.459 e. The molecule has 0 aromatic carbocycles. The Morgan fingerprint density at radius 2 is 1.85 bits per heavy atom. The molecular weight excluding hydrogens is 544 g/mol. The number of morpholine rings is 1. The SMILES string of the molecule is CC(N)C(=O)O[C@H]1CCN(c2cccc(C(=O)Nc3cc4sc(N5CCOCC5)nc4nc3N3CCCCC3)n2)C1. The van der Waals surface area contributed by atoms with Crippen LogP contribution in [0.4, 0.5) is 22.5 Å². The number of piperidine rings is 1. The van der Waals surface area contributed by atoms with E-state index in [9.17, 15) is 9.59 Å². The largest absolute Gasteiger partial charge is 0.459 e. The van der Waals surface area contributed by atoms with Crippen molar-refractivity contribution in [1.29, 1.82) is 0 Å². The summed E-state index contributed by atoms with van der Waals surface area (Å²) in [5, 5.41) is 4.03. The Kier molecular flexibility index (Phi) is 8.17. The second kappa shape index (κ2) is 12.1. The van der Waals surface area contributed by atoms with Crippen LogP contribution < -0.4 is 25.8 Å². The first kappa shape index (κ1) is 27.6. The van der Waals surface area contributed by atoms with Crippen LogP contribution in [0.15, 0.2) is 24.3 Å². The number of nitrogens with one attached hydrogen (secondary N) is 1. The monoisotopic (exact) mass is 580 g/mol. The van der Waals surface area contributed by atoms with E-state index in [2.05, 4.69) is 20.1 Å². The smallest absolute Gasteiger partial charge is 0.322 e. The molecule has 6 rings (SSSR count). The molecule has 3 aliphatic heterocycles. The third-order valence-electron chi connectivity index (χ3n) is 7.63. The van der Waals surface area contributed by atoms with Gasteiger partial charge in [-0.25, -0.2) is 9.97 Å². The lowest BCUT2D eigenvalue weighted by atomic mass is 10.1. The first-order valence-electron chi connectivity index (χ1n) is 14.3. The van der Waals surface area contributed by atoms with Crippen molar-refractivity contribution in [2.45, 2.75) is 44.8 Å². The van der Waals surface area contributed by atoms with Crippen molar-refractivity contribution >= 4 is 56.0 Å². The number of hydrogen-bond donors (Lipinski definition) is 2. The average molecular weight is 581 g/mol. The summed E-state index contributed by atoms with van der Waals surface area (Å²) in [6.07, 6.45) is 3.80.